The third kappa shape index (κ3) is 7.84. The first-order valence-electron chi connectivity index (χ1n) is 9.20. The quantitative estimate of drug-likeness (QED) is 0.254. The van der Waals surface area contributed by atoms with Crippen LogP contribution in [0.1, 0.15) is 29.2 Å². The average Bonchev–Trinajstić information content (AvgIpc) is 3.16. The maximum absolute atomic E-state index is 8.89. The SMILES string of the molecule is CCNC(=NCc1ccc(OCCO)c(OC)c1)NCc1ccc(CC)s1.I. The summed E-state index contributed by atoms with van der Waals surface area (Å²) >= 11 is 1.83. The predicted octanol–water partition coefficient (Wildman–Crippen LogP) is 3.56. The highest BCUT2D eigenvalue weighted by Gasteiger charge is 2.06. The number of benzene rings is 1. The molecule has 0 aliphatic carbocycles. The molecular formula is C20H30IN3O3S. The summed E-state index contributed by atoms with van der Waals surface area (Å²) in [7, 11) is 1.60. The third-order valence-corrected chi connectivity index (χ3v) is 5.07. The van der Waals surface area contributed by atoms with Gasteiger partial charge in [-0.05, 0) is 43.2 Å². The van der Waals surface area contributed by atoms with Crippen molar-refractivity contribution in [2.45, 2.75) is 33.4 Å². The Morgan fingerprint density at radius 1 is 1.11 bits per heavy atom. The number of rotatable bonds is 10. The normalized spacial score (nSPS) is 10.9. The molecule has 8 heteroatoms. The molecule has 0 fully saturated rings. The Hall–Kier alpha value is -1.52. The first kappa shape index (κ1) is 24.5. The average molecular weight is 519 g/mol. The molecular weight excluding hydrogens is 489 g/mol. The Morgan fingerprint density at radius 3 is 2.54 bits per heavy atom. The van der Waals surface area contributed by atoms with Crippen LogP contribution in [0.3, 0.4) is 0 Å². The standard InChI is InChI=1S/C20H29N3O3S.HI/c1-4-16-7-8-17(27-16)14-23-20(21-5-2)22-13-15-6-9-18(26-11-10-24)19(12-15)25-3;/h6-9,12,24H,4-5,10-11,13-14H2,1-3H3,(H2,21,22,23);1H. The number of thiophene rings is 1. The Bertz CT molecular complexity index is 737. The fourth-order valence-corrected chi connectivity index (χ4v) is 3.37. The summed E-state index contributed by atoms with van der Waals surface area (Å²) in [5, 5.41) is 15.5. The number of aliphatic imine (C=N–C) groups is 1. The smallest absolute Gasteiger partial charge is 0.191 e. The van der Waals surface area contributed by atoms with Gasteiger partial charge in [-0.2, -0.15) is 0 Å². The summed E-state index contributed by atoms with van der Waals surface area (Å²) in [6.45, 7) is 6.51. The number of aryl methyl sites for hydroxylation is 1. The zero-order valence-electron chi connectivity index (χ0n) is 16.7. The van der Waals surface area contributed by atoms with Crippen LogP contribution in [-0.2, 0) is 19.5 Å². The zero-order valence-corrected chi connectivity index (χ0v) is 19.8. The lowest BCUT2D eigenvalue weighted by Crippen LogP contribution is -2.36. The van der Waals surface area contributed by atoms with Gasteiger partial charge in [0.05, 0.1) is 26.8 Å². The van der Waals surface area contributed by atoms with Gasteiger partial charge in [0, 0.05) is 16.3 Å². The number of ether oxygens (including phenoxy) is 2. The van der Waals surface area contributed by atoms with Crippen molar-refractivity contribution in [2.24, 2.45) is 4.99 Å². The Balaban J connectivity index is 0.00000392. The van der Waals surface area contributed by atoms with E-state index in [9.17, 15) is 0 Å². The van der Waals surface area contributed by atoms with Crippen molar-refractivity contribution in [3.63, 3.8) is 0 Å². The minimum absolute atomic E-state index is 0. The van der Waals surface area contributed by atoms with Gasteiger partial charge in [-0.3, -0.25) is 0 Å². The number of guanidine groups is 1. The molecule has 0 saturated heterocycles. The molecule has 0 radical (unpaired) electrons. The van der Waals surface area contributed by atoms with Crippen molar-refractivity contribution in [3.05, 3.63) is 45.6 Å². The van der Waals surface area contributed by atoms with E-state index in [0.29, 0.717) is 18.0 Å². The molecule has 1 aromatic carbocycles. The number of hydrogen-bond donors (Lipinski definition) is 3. The Labute approximate surface area is 188 Å². The van der Waals surface area contributed by atoms with Crippen molar-refractivity contribution in [1.82, 2.24) is 10.6 Å². The summed E-state index contributed by atoms with van der Waals surface area (Å²) in [6.07, 6.45) is 1.07. The molecule has 0 bridgehead atoms. The third-order valence-electron chi connectivity index (χ3n) is 3.84. The lowest BCUT2D eigenvalue weighted by atomic mass is 10.2. The number of halogens is 1. The molecule has 3 N–H and O–H groups in total. The number of methoxy groups -OCH3 is 1. The van der Waals surface area contributed by atoms with E-state index >= 15 is 0 Å². The van der Waals surface area contributed by atoms with Gasteiger partial charge in [0.15, 0.2) is 17.5 Å². The largest absolute Gasteiger partial charge is 0.493 e. The van der Waals surface area contributed by atoms with Gasteiger partial charge in [-0.15, -0.1) is 35.3 Å². The van der Waals surface area contributed by atoms with E-state index in [2.05, 4.69) is 34.7 Å². The number of nitrogens with one attached hydrogen (secondary N) is 2. The first-order valence-corrected chi connectivity index (χ1v) is 10.0. The van der Waals surface area contributed by atoms with Crippen LogP contribution < -0.4 is 20.1 Å². The topological polar surface area (TPSA) is 75.1 Å². The summed E-state index contributed by atoms with van der Waals surface area (Å²) < 4.78 is 10.8. The molecule has 1 heterocycles. The van der Waals surface area contributed by atoms with Crippen molar-refractivity contribution in [2.75, 3.05) is 26.9 Å². The molecule has 0 aliphatic rings. The molecule has 0 saturated carbocycles. The monoisotopic (exact) mass is 519 g/mol. The van der Waals surface area contributed by atoms with Gasteiger partial charge in [-0.1, -0.05) is 13.0 Å². The first-order chi connectivity index (χ1) is 13.2. The van der Waals surface area contributed by atoms with E-state index in [0.717, 1.165) is 31.0 Å². The lowest BCUT2D eigenvalue weighted by Gasteiger charge is -2.12. The molecule has 6 nitrogen and oxygen atoms in total. The summed E-state index contributed by atoms with van der Waals surface area (Å²) in [6, 6.07) is 10.0. The molecule has 0 aliphatic heterocycles. The second-order valence-electron chi connectivity index (χ2n) is 5.83. The van der Waals surface area contributed by atoms with Crippen LogP contribution in [0.15, 0.2) is 35.3 Å². The van der Waals surface area contributed by atoms with Gasteiger partial charge in [-0.25, -0.2) is 4.99 Å². The zero-order chi connectivity index (χ0) is 19.5. The van der Waals surface area contributed by atoms with Crippen LogP contribution in [-0.4, -0.2) is 37.9 Å². The number of aliphatic hydroxyl groups excluding tert-OH is 1. The second kappa shape index (κ2) is 13.6. The molecule has 28 heavy (non-hydrogen) atoms. The Kier molecular flexibility index (Phi) is 11.9. The highest BCUT2D eigenvalue weighted by Crippen LogP contribution is 2.28. The van der Waals surface area contributed by atoms with Crippen LogP contribution in [0.5, 0.6) is 11.5 Å². The molecule has 0 spiro atoms. The van der Waals surface area contributed by atoms with Crippen molar-refractivity contribution in [1.29, 1.82) is 0 Å². The maximum Gasteiger partial charge on any atom is 0.191 e. The van der Waals surface area contributed by atoms with Gasteiger partial charge >= 0.3 is 0 Å². The van der Waals surface area contributed by atoms with Crippen LogP contribution in [0.25, 0.3) is 0 Å². The summed E-state index contributed by atoms with van der Waals surface area (Å²) in [5.41, 5.74) is 1.02. The van der Waals surface area contributed by atoms with Gasteiger partial charge in [0.2, 0.25) is 0 Å². The van der Waals surface area contributed by atoms with Crippen LogP contribution >= 0.6 is 35.3 Å². The summed E-state index contributed by atoms with van der Waals surface area (Å²) in [5.74, 6) is 2.04. The minimum atomic E-state index is -0.0308. The number of hydrogen-bond acceptors (Lipinski definition) is 5. The van der Waals surface area contributed by atoms with Crippen LogP contribution in [0.4, 0.5) is 0 Å². The fourth-order valence-electron chi connectivity index (χ4n) is 2.48. The molecule has 156 valence electrons. The minimum Gasteiger partial charge on any atom is -0.493 e. The van der Waals surface area contributed by atoms with Crippen molar-refractivity contribution < 1.29 is 14.6 Å². The molecule has 2 aromatic rings. The molecule has 2 rings (SSSR count). The van der Waals surface area contributed by atoms with Crippen LogP contribution in [0.2, 0.25) is 0 Å². The fraction of sp³-hybridized carbons (Fsp3) is 0.450. The predicted molar refractivity (Wildman–Crippen MR) is 126 cm³/mol. The second-order valence-corrected chi connectivity index (χ2v) is 7.08. The Morgan fingerprint density at radius 2 is 1.89 bits per heavy atom. The van der Waals surface area contributed by atoms with E-state index in [1.807, 2.05) is 36.5 Å². The van der Waals surface area contributed by atoms with Gasteiger partial charge in [0.1, 0.15) is 6.61 Å². The van der Waals surface area contributed by atoms with Gasteiger partial charge < -0.3 is 25.2 Å². The van der Waals surface area contributed by atoms with Crippen molar-refractivity contribution in [3.8, 4) is 11.5 Å². The summed E-state index contributed by atoms with van der Waals surface area (Å²) in [4.78, 5) is 7.34. The van der Waals surface area contributed by atoms with Gasteiger partial charge in [0.25, 0.3) is 0 Å². The van der Waals surface area contributed by atoms with Crippen molar-refractivity contribution >= 4 is 41.3 Å². The molecule has 1 aromatic heterocycles. The maximum atomic E-state index is 8.89. The van der Waals surface area contributed by atoms with E-state index < -0.39 is 0 Å². The molecule has 0 amide bonds. The molecule has 0 unspecified atom stereocenters. The van der Waals surface area contributed by atoms with E-state index in [4.69, 9.17) is 14.6 Å². The highest BCUT2D eigenvalue weighted by atomic mass is 127. The number of aliphatic hydroxyl groups is 1. The lowest BCUT2D eigenvalue weighted by molar-refractivity contribution is 0.196. The van der Waals surface area contributed by atoms with E-state index in [1.165, 1.54) is 9.75 Å². The van der Waals surface area contributed by atoms with E-state index in [-0.39, 0.29) is 37.2 Å². The van der Waals surface area contributed by atoms with E-state index in [1.54, 1.807) is 7.11 Å². The molecule has 0 atom stereocenters. The van der Waals surface area contributed by atoms with Crippen LogP contribution in [0, 0.1) is 0 Å². The number of nitrogens with zero attached hydrogens (tertiary/aromatic N) is 1. The highest BCUT2D eigenvalue weighted by molar-refractivity contribution is 14.0.